The van der Waals surface area contributed by atoms with Gasteiger partial charge >= 0.3 is 12.4 Å². The summed E-state index contributed by atoms with van der Waals surface area (Å²) in [6.45, 7) is 0.799. The quantitative estimate of drug-likeness (QED) is 0.594. The SMILES string of the molecule is CC(O)(c1ccc2c(O)c(C(C)(O)C(F)(F)F)ccc2c1O)C(F)(F)F. The average Bonchev–Trinajstić information content (AvgIpc) is 2.45. The summed E-state index contributed by atoms with van der Waals surface area (Å²) in [6.07, 6.45) is -10.3. The third kappa shape index (κ3) is 2.82. The van der Waals surface area contributed by atoms with Crippen molar-refractivity contribution in [1.29, 1.82) is 0 Å². The molecule has 2 atom stereocenters. The van der Waals surface area contributed by atoms with Crippen molar-refractivity contribution in [3.63, 3.8) is 0 Å². The maximum atomic E-state index is 13.0. The third-order valence-corrected chi connectivity index (χ3v) is 4.30. The van der Waals surface area contributed by atoms with Crippen LogP contribution in [0, 0.1) is 0 Å². The lowest BCUT2D eigenvalue weighted by atomic mass is 9.88. The molecule has 2 aromatic rings. The third-order valence-electron chi connectivity index (χ3n) is 4.30. The maximum absolute atomic E-state index is 13.0. The topological polar surface area (TPSA) is 80.9 Å². The van der Waals surface area contributed by atoms with Crippen LogP contribution in [0.4, 0.5) is 26.3 Å². The van der Waals surface area contributed by atoms with E-state index in [1.165, 1.54) is 0 Å². The van der Waals surface area contributed by atoms with E-state index in [9.17, 15) is 46.8 Å². The second kappa shape index (κ2) is 5.65. The Balaban J connectivity index is 2.76. The molecule has 0 radical (unpaired) electrons. The van der Waals surface area contributed by atoms with Crippen LogP contribution in [-0.4, -0.2) is 32.8 Å². The van der Waals surface area contributed by atoms with Crippen LogP contribution in [0.15, 0.2) is 24.3 Å². The molecule has 144 valence electrons. The number of phenolic OH excluding ortho intramolecular Hbond substituents is 2. The molecule has 0 aliphatic heterocycles. The van der Waals surface area contributed by atoms with Crippen LogP contribution >= 0.6 is 0 Å². The zero-order chi connectivity index (χ0) is 20.3. The Hall–Kier alpha value is -2.20. The lowest BCUT2D eigenvalue weighted by Gasteiger charge is -2.29. The van der Waals surface area contributed by atoms with Gasteiger partial charge in [-0.3, -0.25) is 0 Å². The summed E-state index contributed by atoms with van der Waals surface area (Å²) in [6, 6.07) is 2.90. The molecule has 26 heavy (non-hydrogen) atoms. The number of phenols is 2. The first-order valence-corrected chi connectivity index (χ1v) is 7.10. The number of benzene rings is 2. The molecule has 0 amide bonds. The summed E-state index contributed by atoms with van der Waals surface area (Å²) < 4.78 is 77.8. The number of hydrogen-bond acceptors (Lipinski definition) is 4. The number of fused-ring (bicyclic) bond motifs is 1. The maximum Gasteiger partial charge on any atom is 0.421 e. The highest BCUT2D eigenvalue weighted by Crippen LogP contribution is 2.48. The molecule has 4 N–H and O–H groups in total. The molecule has 2 unspecified atom stereocenters. The minimum Gasteiger partial charge on any atom is -0.507 e. The fourth-order valence-electron chi connectivity index (χ4n) is 2.46. The molecule has 0 aliphatic rings. The molecule has 0 saturated heterocycles. The number of hydrogen-bond donors (Lipinski definition) is 4. The number of rotatable bonds is 2. The molecular formula is C16H14F6O4. The van der Waals surface area contributed by atoms with Gasteiger partial charge in [-0.05, 0) is 26.0 Å². The Morgan fingerprint density at radius 2 is 0.885 bits per heavy atom. The standard InChI is InChI=1S/C16H14F6O4/c1-13(25,15(17,18)19)9-5-3-8-7(11(9)23)4-6-10(12(8)24)14(2,26)16(20,21)22/h3-6,23-26H,1-2H3. The van der Waals surface area contributed by atoms with Crippen LogP contribution in [-0.2, 0) is 11.2 Å². The summed E-state index contributed by atoms with van der Waals surface area (Å²) in [5.74, 6) is -2.11. The van der Waals surface area contributed by atoms with Gasteiger partial charge in [0.15, 0.2) is 11.2 Å². The predicted octanol–water partition coefficient (Wildman–Crippen LogP) is 3.79. The lowest BCUT2D eigenvalue weighted by Crippen LogP contribution is -2.39. The van der Waals surface area contributed by atoms with E-state index in [2.05, 4.69) is 0 Å². The van der Waals surface area contributed by atoms with E-state index >= 15 is 0 Å². The second-order valence-electron chi connectivity index (χ2n) is 6.16. The molecule has 0 aliphatic carbocycles. The van der Waals surface area contributed by atoms with Crippen molar-refractivity contribution in [2.75, 3.05) is 0 Å². The van der Waals surface area contributed by atoms with Crippen LogP contribution in [0.3, 0.4) is 0 Å². The first kappa shape index (κ1) is 20.1. The molecule has 0 bridgehead atoms. The first-order chi connectivity index (χ1) is 11.5. The van der Waals surface area contributed by atoms with Crippen molar-refractivity contribution in [2.24, 2.45) is 0 Å². The highest BCUT2D eigenvalue weighted by Gasteiger charge is 2.54. The molecule has 0 saturated carbocycles. The number of aromatic hydroxyl groups is 2. The average molecular weight is 384 g/mol. The molecule has 0 fully saturated rings. The summed E-state index contributed by atoms with van der Waals surface area (Å²) in [5.41, 5.74) is -8.74. The van der Waals surface area contributed by atoms with Gasteiger partial charge in [0, 0.05) is 21.9 Å². The van der Waals surface area contributed by atoms with Crippen molar-refractivity contribution in [1.82, 2.24) is 0 Å². The van der Waals surface area contributed by atoms with Crippen LogP contribution in [0.25, 0.3) is 10.8 Å². The fourth-order valence-corrected chi connectivity index (χ4v) is 2.46. The van der Waals surface area contributed by atoms with E-state index in [0.717, 1.165) is 12.1 Å². The summed E-state index contributed by atoms with van der Waals surface area (Å²) in [7, 11) is 0. The first-order valence-electron chi connectivity index (χ1n) is 7.10. The van der Waals surface area contributed by atoms with E-state index in [1.54, 1.807) is 0 Å². The molecule has 10 heteroatoms. The fraction of sp³-hybridized carbons (Fsp3) is 0.375. The molecular weight excluding hydrogens is 370 g/mol. The number of halogens is 6. The van der Waals surface area contributed by atoms with E-state index in [-0.39, 0.29) is 0 Å². The Morgan fingerprint density at radius 3 is 1.12 bits per heavy atom. The molecule has 4 nitrogen and oxygen atoms in total. The van der Waals surface area contributed by atoms with Crippen molar-refractivity contribution < 1.29 is 46.8 Å². The van der Waals surface area contributed by atoms with Gasteiger partial charge < -0.3 is 20.4 Å². The Labute approximate surface area is 142 Å². The van der Waals surface area contributed by atoms with Crippen molar-refractivity contribution in [3.05, 3.63) is 35.4 Å². The summed E-state index contributed by atoms with van der Waals surface area (Å²) in [5, 5.41) is 38.7. The minimum atomic E-state index is -5.14. The van der Waals surface area contributed by atoms with Gasteiger partial charge in [-0.1, -0.05) is 12.1 Å². The number of aliphatic hydroxyl groups is 2. The van der Waals surface area contributed by atoms with Gasteiger partial charge in [-0.2, -0.15) is 26.3 Å². The smallest absolute Gasteiger partial charge is 0.421 e. The normalized spacial score (nSPS) is 17.8. The summed E-state index contributed by atoms with van der Waals surface area (Å²) in [4.78, 5) is 0. The van der Waals surface area contributed by atoms with Gasteiger partial charge in [0.1, 0.15) is 11.5 Å². The van der Waals surface area contributed by atoms with E-state index < -0.39 is 57.0 Å². The van der Waals surface area contributed by atoms with Gasteiger partial charge in [0.25, 0.3) is 0 Å². The van der Waals surface area contributed by atoms with Crippen molar-refractivity contribution in [2.45, 2.75) is 37.4 Å². The molecule has 2 rings (SSSR count). The minimum absolute atomic E-state index is 0.399. The molecule has 0 aromatic heterocycles. The van der Waals surface area contributed by atoms with Crippen LogP contribution < -0.4 is 0 Å². The van der Waals surface area contributed by atoms with Gasteiger partial charge in [0.05, 0.1) is 0 Å². The van der Waals surface area contributed by atoms with Gasteiger partial charge in [-0.25, -0.2) is 0 Å². The molecule has 2 aromatic carbocycles. The van der Waals surface area contributed by atoms with E-state index in [1.807, 2.05) is 0 Å². The Kier molecular flexibility index (Phi) is 4.37. The summed E-state index contributed by atoms with van der Waals surface area (Å²) >= 11 is 0. The zero-order valence-electron chi connectivity index (χ0n) is 13.4. The van der Waals surface area contributed by atoms with Crippen LogP contribution in [0.5, 0.6) is 11.5 Å². The molecule has 0 spiro atoms. The largest absolute Gasteiger partial charge is 0.507 e. The molecule has 0 heterocycles. The van der Waals surface area contributed by atoms with Gasteiger partial charge in [-0.15, -0.1) is 0 Å². The Morgan fingerprint density at radius 1 is 0.615 bits per heavy atom. The highest BCUT2D eigenvalue weighted by atomic mass is 19.4. The van der Waals surface area contributed by atoms with Crippen molar-refractivity contribution in [3.8, 4) is 11.5 Å². The Bertz CT molecular complexity index is 781. The van der Waals surface area contributed by atoms with Crippen LogP contribution in [0.1, 0.15) is 25.0 Å². The van der Waals surface area contributed by atoms with E-state index in [4.69, 9.17) is 0 Å². The predicted molar refractivity (Wildman–Crippen MR) is 78.5 cm³/mol. The van der Waals surface area contributed by atoms with E-state index in [0.29, 0.717) is 26.0 Å². The van der Waals surface area contributed by atoms with Gasteiger partial charge in [0.2, 0.25) is 0 Å². The van der Waals surface area contributed by atoms with Crippen LogP contribution in [0.2, 0.25) is 0 Å². The number of alkyl halides is 6. The lowest BCUT2D eigenvalue weighted by molar-refractivity contribution is -0.259. The monoisotopic (exact) mass is 384 g/mol. The van der Waals surface area contributed by atoms with Crippen molar-refractivity contribution >= 4 is 10.8 Å². The zero-order valence-corrected chi connectivity index (χ0v) is 13.4. The highest BCUT2D eigenvalue weighted by molar-refractivity contribution is 5.95. The second-order valence-corrected chi connectivity index (χ2v) is 6.16.